The summed E-state index contributed by atoms with van der Waals surface area (Å²) in [5.74, 6) is 0. The molecule has 58 heavy (non-hydrogen) atoms. The van der Waals surface area contributed by atoms with E-state index in [4.69, 9.17) is 0 Å². The lowest BCUT2D eigenvalue weighted by Gasteiger charge is -2.18. The van der Waals surface area contributed by atoms with Gasteiger partial charge in [0.25, 0.3) is 0 Å². The van der Waals surface area contributed by atoms with Gasteiger partial charge in [-0.3, -0.25) is 0 Å². The van der Waals surface area contributed by atoms with E-state index >= 15 is 0 Å². The molecule has 0 amide bonds. The SMILES string of the molecule is CCCCCCn1c2ccc(C=C(C#N)C#N)cc2c2c(-c3ccc(C)cc3)c3c(c(-c4ccc(C)cc4)c21)c1cc(C=C(C#N)C#N)ccc1n3CCCCCC. The van der Waals surface area contributed by atoms with Crippen molar-refractivity contribution in [3.05, 3.63) is 118 Å². The number of hydrogen-bond donors (Lipinski definition) is 0. The smallest absolute Gasteiger partial charge is 0.130 e. The van der Waals surface area contributed by atoms with Crippen LogP contribution in [0.3, 0.4) is 0 Å². The van der Waals surface area contributed by atoms with Gasteiger partial charge in [-0.2, -0.15) is 21.0 Å². The summed E-state index contributed by atoms with van der Waals surface area (Å²) < 4.78 is 5.04. The molecule has 0 N–H and O–H groups in total. The van der Waals surface area contributed by atoms with Crippen LogP contribution in [-0.2, 0) is 13.1 Å². The van der Waals surface area contributed by atoms with Gasteiger partial charge < -0.3 is 9.13 Å². The van der Waals surface area contributed by atoms with Crippen LogP contribution in [0.2, 0.25) is 0 Å². The molecule has 5 aromatic carbocycles. The molecular weight excluding hydrogens is 709 g/mol. The number of nitrogens with zero attached hydrogens (tertiary/aromatic N) is 6. The maximum atomic E-state index is 9.75. The molecule has 7 aromatic rings. The first-order valence-corrected chi connectivity index (χ1v) is 20.6. The topological polar surface area (TPSA) is 105 Å². The van der Waals surface area contributed by atoms with E-state index < -0.39 is 0 Å². The third-order valence-corrected chi connectivity index (χ3v) is 11.4. The molecule has 0 atom stereocenters. The van der Waals surface area contributed by atoms with Crippen molar-refractivity contribution in [1.82, 2.24) is 9.13 Å². The summed E-state index contributed by atoms with van der Waals surface area (Å²) in [4.78, 5) is 0. The van der Waals surface area contributed by atoms with Crippen molar-refractivity contribution in [2.75, 3.05) is 0 Å². The highest BCUT2D eigenvalue weighted by Crippen LogP contribution is 2.51. The summed E-state index contributed by atoms with van der Waals surface area (Å²) in [5, 5.41) is 43.5. The molecule has 0 bridgehead atoms. The molecule has 6 nitrogen and oxygen atoms in total. The molecule has 0 aliphatic rings. The van der Waals surface area contributed by atoms with Crippen LogP contribution in [-0.4, -0.2) is 9.13 Å². The van der Waals surface area contributed by atoms with Crippen molar-refractivity contribution in [3.8, 4) is 46.5 Å². The summed E-state index contributed by atoms with van der Waals surface area (Å²) in [5.41, 5.74) is 13.2. The molecule has 2 heterocycles. The summed E-state index contributed by atoms with van der Waals surface area (Å²) in [6.45, 7) is 10.4. The van der Waals surface area contributed by atoms with Gasteiger partial charge in [0.05, 0.1) is 11.0 Å². The molecule has 0 unspecified atom stereocenters. The first-order valence-electron chi connectivity index (χ1n) is 20.6. The molecular formula is C52H48N6. The zero-order chi connectivity index (χ0) is 40.8. The van der Waals surface area contributed by atoms with Crippen LogP contribution >= 0.6 is 0 Å². The lowest BCUT2D eigenvalue weighted by atomic mass is 9.89. The van der Waals surface area contributed by atoms with Crippen LogP contribution in [0.25, 0.3) is 78.0 Å². The van der Waals surface area contributed by atoms with Gasteiger partial charge in [0, 0.05) is 56.8 Å². The number of benzene rings is 5. The second kappa shape index (κ2) is 17.5. The minimum Gasteiger partial charge on any atom is -0.340 e. The number of allylic oxidation sites excluding steroid dienone is 2. The number of fused-ring (bicyclic) bond motifs is 6. The highest BCUT2D eigenvalue weighted by Gasteiger charge is 2.28. The van der Waals surface area contributed by atoms with Crippen LogP contribution in [0.15, 0.2) is 96.1 Å². The predicted molar refractivity (Wildman–Crippen MR) is 239 cm³/mol. The largest absolute Gasteiger partial charge is 0.340 e. The third kappa shape index (κ3) is 7.51. The molecule has 0 saturated carbocycles. The Labute approximate surface area is 341 Å². The van der Waals surface area contributed by atoms with Crippen LogP contribution in [0, 0.1) is 59.2 Å². The summed E-state index contributed by atoms with van der Waals surface area (Å²) in [6, 6.07) is 38.7. The standard InChI is InChI=1S/C52H48N6/c1-5-7-9-11-25-57-45-23-17-37(27-39(31-53)32-54)29-43(45)49-48(42-21-15-36(4)16-22-42)52-50(47(51(49)57)41-19-13-35(3)14-20-41)44-30-38(28-40(33-55)34-56)18-24-46(44)58(52)26-12-10-8-6-2/h13-24,27-30H,5-12,25-26H2,1-4H3. The third-order valence-electron chi connectivity index (χ3n) is 11.4. The van der Waals surface area contributed by atoms with E-state index in [1.54, 1.807) is 12.2 Å². The maximum Gasteiger partial charge on any atom is 0.130 e. The van der Waals surface area contributed by atoms with Gasteiger partial charge in [-0.05, 0) is 85.4 Å². The summed E-state index contributed by atoms with van der Waals surface area (Å²) >= 11 is 0. The Bertz CT molecular complexity index is 2670. The van der Waals surface area contributed by atoms with Crippen molar-refractivity contribution >= 4 is 55.8 Å². The van der Waals surface area contributed by atoms with E-state index in [1.165, 1.54) is 11.1 Å². The quantitative estimate of drug-likeness (QED) is 0.0813. The van der Waals surface area contributed by atoms with Crippen molar-refractivity contribution in [1.29, 1.82) is 21.0 Å². The second-order valence-corrected chi connectivity index (χ2v) is 15.5. The first-order chi connectivity index (χ1) is 28.3. The second-order valence-electron chi connectivity index (χ2n) is 15.5. The fraction of sp³-hybridized carbons (Fsp3) is 0.269. The van der Waals surface area contributed by atoms with Crippen molar-refractivity contribution < 1.29 is 0 Å². The zero-order valence-electron chi connectivity index (χ0n) is 34.0. The highest BCUT2D eigenvalue weighted by atomic mass is 15.0. The Kier molecular flexibility index (Phi) is 11.9. The fourth-order valence-corrected chi connectivity index (χ4v) is 8.56. The fourth-order valence-electron chi connectivity index (χ4n) is 8.56. The number of nitriles is 4. The summed E-state index contributed by atoms with van der Waals surface area (Å²) in [6.07, 6.45) is 12.3. The van der Waals surface area contributed by atoms with Crippen molar-refractivity contribution in [3.63, 3.8) is 0 Å². The number of aryl methyl sites for hydroxylation is 4. The highest BCUT2D eigenvalue weighted by molar-refractivity contribution is 6.32. The van der Waals surface area contributed by atoms with E-state index in [2.05, 4.69) is 134 Å². The van der Waals surface area contributed by atoms with Crippen molar-refractivity contribution in [2.24, 2.45) is 0 Å². The minimum absolute atomic E-state index is 0.0668. The molecule has 7 rings (SSSR count). The van der Waals surface area contributed by atoms with Crippen LogP contribution in [0.4, 0.5) is 0 Å². The van der Waals surface area contributed by atoms with Gasteiger partial charge in [-0.15, -0.1) is 0 Å². The number of unbranched alkanes of at least 4 members (excludes halogenated alkanes) is 6. The molecule has 0 aliphatic heterocycles. The molecule has 2 aromatic heterocycles. The van der Waals surface area contributed by atoms with E-state index in [1.807, 2.05) is 12.1 Å². The zero-order valence-corrected chi connectivity index (χ0v) is 34.0. The molecule has 286 valence electrons. The molecule has 0 fully saturated rings. The average molecular weight is 757 g/mol. The Morgan fingerprint density at radius 3 is 1.22 bits per heavy atom. The van der Waals surface area contributed by atoms with Gasteiger partial charge in [-0.1, -0.05) is 124 Å². The lowest BCUT2D eigenvalue weighted by molar-refractivity contribution is 0.602. The number of rotatable bonds is 14. The lowest BCUT2D eigenvalue weighted by Crippen LogP contribution is -2.02. The molecule has 0 radical (unpaired) electrons. The molecule has 0 aliphatic carbocycles. The van der Waals surface area contributed by atoms with Crippen LogP contribution in [0.1, 0.15) is 87.5 Å². The maximum absolute atomic E-state index is 9.75. The Morgan fingerprint density at radius 1 is 0.500 bits per heavy atom. The van der Waals surface area contributed by atoms with Crippen LogP contribution in [0.5, 0.6) is 0 Å². The Morgan fingerprint density at radius 2 is 0.879 bits per heavy atom. The molecule has 0 spiro atoms. The van der Waals surface area contributed by atoms with E-state index in [9.17, 15) is 21.0 Å². The molecule has 6 heteroatoms. The minimum atomic E-state index is 0.0668. The van der Waals surface area contributed by atoms with E-state index in [0.29, 0.717) is 0 Å². The number of aromatic nitrogens is 2. The van der Waals surface area contributed by atoms with Gasteiger partial charge in [0.1, 0.15) is 35.4 Å². The van der Waals surface area contributed by atoms with E-state index in [0.717, 1.165) is 141 Å². The van der Waals surface area contributed by atoms with Crippen molar-refractivity contribution in [2.45, 2.75) is 92.2 Å². The van der Waals surface area contributed by atoms with Crippen LogP contribution < -0.4 is 0 Å². The average Bonchev–Trinajstić information content (AvgIpc) is 3.73. The van der Waals surface area contributed by atoms with Gasteiger partial charge >= 0.3 is 0 Å². The monoisotopic (exact) mass is 756 g/mol. The number of hydrogen-bond acceptors (Lipinski definition) is 4. The first kappa shape index (κ1) is 39.4. The van der Waals surface area contributed by atoms with Gasteiger partial charge in [0.2, 0.25) is 0 Å². The van der Waals surface area contributed by atoms with Gasteiger partial charge in [-0.25, -0.2) is 0 Å². The molecule has 0 saturated heterocycles. The van der Waals surface area contributed by atoms with Gasteiger partial charge in [0.15, 0.2) is 0 Å². The normalized spacial score (nSPS) is 11.0. The summed E-state index contributed by atoms with van der Waals surface area (Å²) in [7, 11) is 0. The predicted octanol–water partition coefficient (Wildman–Crippen LogP) is 13.9. The Balaban J connectivity index is 1.78. The van der Waals surface area contributed by atoms with E-state index in [-0.39, 0.29) is 11.1 Å². The Hall–Kier alpha value is -6.86.